The van der Waals surface area contributed by atoms with Gasteiger partial charge in [-0.15, -0.1) is 0 Å². The zero-order chi connectivity index (χ0) is 34.8. The molecule has 0 saturated carbocycles. The molecule has 6 rings (SSSR count). The number of thiazole rings is 1. The van der Waals surface area contributed by atoms with E-state index in [0.29, 0.717) is 44.3 Å². The molecule has 0 aliphatic carbocycles. The van der Waals surface area contributed by atoms with Gasteiger partial charge in [0, 0.05) is 0 Å². The van der Waals surface area contributed by atoms with Crippen LogP contribution in [0.3, 0.4) is 0 Å². The SMILES string of the molecule is CCOC(=O)C1=C(C)N=c2s/c(=C\c3cc(I)c(OCc4cccc5ccccc45)c(I)c3)c(=O)n2[C@H]1c1ccc(OC(C)C)c(OC)c1. The van der Waals surface area contributed by atoms with Crippen LogP contribution in [-0.4, -0.2) is 30.4 Å². The summed E-state index contributed by atoms with van der Waals surface area (Å²) in [7, 11) is 1.56. The van der Waals surface area contributed by atoms with Gasteiger partial charge in [0.2, 0.25) is 0 Å². The van der Waals surface area contributed by atoms with E-state index in [0.717, 1.165) is 24.0 Å². The number of halogens is 2. The van der Waals surface area contributed by atoms with Crippen LogP contribution in [0.15, 0.2) is 93.9 Å². The average Bonchev–Trinajstić information content (AvgIpc) is 3.37. The van der Waals surface area contributed by atoms with Gasteiger partial charge in [-0.1, -0.05) is 59.9 Å². The number of allylic oxidation sites excluding steroid dienone is 1. The van der Waals surface area contributed by atoms with Crippen molar-refractivity contribution in [1.29, 1.82) is 0 Å². The second kappa shape index (κ2) is 15.1. The first kappa shape index (κ1) is 35.1. The summed E-state index contributed by atoms with van der Waals surface area (Å²) in [5.41, 5.74) is 3.18. The number of esters is 1. The molecule has 11 heteroatoms. The lowest BCUT2D eigenvalue weighted by Gasteiger charge is -2.25. The Morgan fingerprint density at radius 3 is 2.47 bits per heavy atom. The van der Waals surface area contributed by atoms with Gasteiger partial charge < -0.3 is 18.9 Å². The van der Waals surface area contributed by atoms with Crippen molar-refractivity contribution >= 4 is 79.3 Å². The number of fused-ring (bicyclic) bond motifs is 2. The number of hydrogen-bond acceptors (Lipinski definition) is 8. The number of carbonyl (C=O) groups excluding carboxylic acids is 1. The molecule has 1 aliphatic heterocycles. The summed E-state index contributed by atoms with van der Waals surface area (Å²) in [5.74, 6) is 1.34. The number of ether oxygens (including phenoxy) is 4. The highest BCUT2D eigenvalue weighted by molar-refractivity contribution is 14.1. The molecule has 0 spiro atoms. The number of methoxy groups -OCH3 is 1. The van der Waals surface area contributed by atoms with Crippen molar-refractivity contribution in [2.45, 2.75) is 46.4 Å². The third-order valence-electron chi connectivity index (χ3n) is 7.95. The minimum absolute atomic E-state index is 0.0642. The first-order valence-electron chi connectivity index (χ1n) is 15.7. The monoisotopic (exact) mass is 900 g/mol. The summed E-state index contributed by atoms with van der Waals surface area (Å²) in [6.45, 7) is 8.02. The van der Waals surface area contributed by atoms with Crippen molar-refractivity contribution in [3.05, 3.63) is 128 Å². The predicted octanol–water partition coefficient (Wildman–Crippen LogP) is 7.54. The minimum Gasteiger partial charge on any atom is -0.493 e. The number of hydrogen-bond donors (Lipinski definition) is 0. The first-order valence-corrected chi connectivity index (χ1v) is 18.7. The van der Waals surface area contributed by atoms with Crippen LogP contribution in [0.5, 0.6) is 17.2 Å². The molecule has 49 heavy (non-hydrogen) atoms. The van der Waals surface area contributed by atoms with Crippen molar-refractivity contribution < 1.29 is 23.7 Å². The van der Waals surface area contributed by atoms with Crippen molar-refractivity contribution in [3.63, 3.8) is 0 Å². The molecular formula is C38H34I2N2O6S. The summed E-state index contributed by atoms with van der Waals surface area (Å²) in [6.07, 6.45) is 1.80. The molecule has 0 amide bonds. The molecule has 252 valence electrons. The Balaban J connectivity index is 1.39. The van der Waals surface area contributed by atoms with Gasteiger partial charge in [0.25, 0.3) is 5.56 Å². The fourth-order valence-electron chi connectivity index (χ4n) is 5.83. The summed E-state index contributed by atoms with van der Waals surface area (Å²) < 4.78 is 27.3. The summed E-state index contributed by atoms with van der Waals surface area (Å²) >= 11 is 5.84. The zero-order valence-corrected chi connectivity index (χ0v) is 32.7. The van der Waals surface area contributed by atoms with E-state index in [2.05, 4.69) is 69.4 Å². The molecule has 0 fully saturated rings. The Hall–Kier alpha value is -3.69. The molecule has 4 aromatic carbocycles. The van der Waals surface area contributed by atoms with Crippen molar-refractivity contribution in [3.8, 4) is 17.2 Å². The van der Waals surface area contributed by atoms with E-state index in [-0.39, 0.29) is 18.3 Å². The highest BCUT2D eigenvalue weighted by Gasteiger charge is 2.34. The normalized spacial score (nSPS) is 14.5. The number of aromatic nitrogens is 1. The van der Waals surface area contributed by atoms with Crippen LogP contribution in [0.4, 0.5) is 0 Å². The lowest BCUT2D eigenvalue weighted by molar-refractivity contribution is -0.139. The number of carbonyl (C=O) groups is 1. The molecule has 5 aromatic rings. The molecule has 0 N–H and O–H groups in total. The van der Waals surface area contributed by atoms with Crippen molar-refractivity contribution in [2.24, 2.45) is 4.99 Å². The van der Waals surface area contributed by atoms with E-state index in [9.17, 15) is 9.59 Å². The molecule has 0 bridgehead atoms. The number of benzene rings is 4. The maximum Gasteiger partial charge on any atom is 0.338 e. The Morgan fingerprint density at radius 1 is 1.02 bits per heavy atom. The summed E-state index contributed by atoms with van der Waals surface area (Å²) in [6, 6.07) is 23.2. The van der Waals surface area contributed by atoms with Crippen LogP contribution < -0.4 is 29.1 Å². The van der Waals surface area contributed by atoms with Crippen LogP contribution in [0, 0.1) is 7.14 Å². The van der Waals surface area contributed by atoms with Gasteiger partial charge in [-0.2, -0.15) is 0 Å². The molecule has 0 unspecified atom stereocenters. The fraction of sp³-hybridized carbons (Fsp3) is 0.237. The lowest BCUT2D eigenvalue weighted by Crippen LogP contribution is -2.40. The Labute approximate surface area is 315 Å². The van der Waals surface area contributed by atoms with Gasteiger partial charge in [0.05, 0.1) is 48.8 Å². The Bertz CT molecular complexity index is 2260. The largest absolute Gasteiger partial charge is 0.493 e. The van der Waals surface area contributed by atoms with Gasteiger partial charge in [-0.25, -0.2) is 9.79 Å². The molecule has 8 nitrogen and oxygen atoms in total. The van der Waals surface area contributed by atoms with E-state index in [4.69, 9.17) is 23.9 Å². The smallest absolute Gasteiger partial charge is 0.338 e. The second-order valence-corrected chi connectivity index (χ2v) is 15.0. The van der Waals surface area contributed by atoms with E-state index in [1.807, 2.05) is 56.3 Å². The number of rotatable bonds is 10. The standard InChI is InChI=1S/C38H34I2N2O6S/c1-6-46-37(44)33-22(4)41-38-42(34(33)25-14-15-30(48-21(2)3)31(19-25)45-5)36(43)32(49-38)18-23-16-28(39)35(29(40)17-23)47-20-26-12-9-11-24-10-7-8-13-27(24)26/h7-19,21,34H,6,20H2,1-5H3/b32-18-/t34-/m0/s1. The van der Waals surface area contributed by atoms with E-state index in [1.165, 1.54) is 22.1 Å². The molecular weight excluding hydrogens is 866 g/mol. The molecule has 2 heterocycles. The zero-order valence-electron chi connectivity index (χ0n) is 27.6. The second-order valence-electron chi connectivity index (χ2n) is 11.6. The fourth-order valence-corrected chi connectivity index (χ4v) is 9.01. The molecule has 1 aromatic heterocycles. The van der Waals surface area contributed by atoms with Crippen molar-refractivity contribution in [1.82, 2.24) is 4.57 Å². The van der Waals surface area contributed by atoms with Gasteiger partial charge in [0.1, 0.15) is 12.4 Å². The van der Waals surface area contributed by atoms with Gasteiger partial charge in [0.15, 0.2) is 16.3 Å². The first-order chi connectivity index (χ1) is 23.6. The van der Waals surface area contributed by atoms with Crippen LogP contribution >= 0.6 is 56.5 Å². The van der Waals surface area contributed by atoms with Gasteiger partial charge in [-0.3, -0.25) is 9.36 Å². The Morgan fingerprint density at radius 2 is 1.76 bits per heavy atom. The van der Waals surface area contributed by atoms with Crippen LogP contribution in [0.1, 0.15) is 50.4 Å². The third-order valence-corrected chi connectivity index (χ3v) is 10.5. The maximum absolute atomic E-state index is 14.2. The van der Waals surface area contributed by atoms with Crippen molar-refractivity contribution in [2.75, 3.05) is 13.7 Å². The highest BCUT2D eigenvalue weighted by Crippen LogP contribution is 2.37. The van der Waals surface area contributed by atoms with Crippen LogP contribution in [0.2, 0.25) is 0 Å². The highest BCUT2D eigenvalue weighted by atomic mass is 127. The molecule has 0 saturated heterocycles. The number of nitrogens with zero attached hydrogens (tertiary/aromatic N) is 2. The minimum atomic E-state index is -0.774. The van der Waals surface area contributed by atoms with E-state index >= 15 is 0 Å². The van der Waals surface area contributed by atoms with Gasteiger partial charge in [-0.05, 0) is 131 Å². The Kier molecular flexibility index (Phi) is 10.8. The van der Waals surface area contributed by atoms with E-state index < -0.39 is 12.0 Å². The average molecular weight is 901 g/mol. The molecule has 1 atom stereocenters. The van der Waals surface area contributed by atoms with E-state index in [1.54, 1.807) is 37.7 Å². The lowest BCUT2D eigenvalue weighted by atomic mass is 9.95. The quantitative estimate of drug-likeness (QED) is 0.107. The van der Waals surface area contributed by atoms with Crippen LogP contribution in [0.25, 0.3) is 16.8 Å². The van der Waals surface area contributed by atoms with Crippen LogP contribution in [-0.2, 0) is 16.1 Å². The molecule has 0 radical (unpaired) electrons. The van der Waals surface area contributed by atoms with Gasteiger partial charge >= 0.3 is 5.97 Å². The maximum atomic E-state index is 14.2. The topological polar surface area (TPSA) is 88.4 Å². The molecule has 1 aliphatic rings. The summed E-state index contributed by atoms with van der Waals surface area (Å²) in [4.78, 5) is 32.8. The predicted molar refractivity (Wildman–Crippen MR) is 209 cm³/mol. The third kappa shape index (κ3) is 7.29. The summed E-state index contributed by atoms with van der Waals surface area (Å²) in [5, 5.41) is 2.34.